The van der Waals surface area contributed by atoms with Crippen LogP contribution in [0, 0.1) is 19.7 Å². The summed E-state index contributed by atoms with van der Waals surface area (Å²) in [7, 11) is 0. The fourth-order valence-corrected chi connectivity index (χ4v) is 3.19. The number of hydrogen-bond acceptors (Lipinski definition) is 3. The molecule has 0 spiro atoms. The number of nitrogens with zero attached hydrogens (tertiary/aromatic N) is 2. The lowest BCUT2D eigenvalue weighted by molar-refractivity contribution is 0.0919. The molecular weight excluding hydrogens is 343 g/mol. The fourth-order valence-electron chi connectivity index (χ4n) is 3.19. The summed E-state index contributed by atoms with van der Waals surface area (Å²) in [6.07, 6.45) is 1.97. The minimum Gasteiger partial charge on any atom is -0.348 e. The molecule has 5 nitrogen and oxygen atoms in total. The molecule has 2 atom stereocenters. The topological polar surface area (TPSA) is 59.0 Å². The molecule has 1 amide bonds. The Balaban J connectivity index is 0.00000225. The number of aryl methyl sites for hydroxylation is 2. The normalized spacial score (nSPS) is 20.0. The molecule has 2 N–H and O–H groups in total. The second-order valence-corrected chi connectivity index (χ2v) is 6.47. The Morgan fingerprint density at radius 1 is 1.36 bits per heavy atom. The molecule has 0 saturated carbocycles. The number of rotatable bonds is 3. The van der Waals surface area contributed by atoms with E-state index in [0.29, 0.717) is 11.3 Å². The van der Waals surface area contributed by atoms with Crippen LogP contribution in [-0.4, -0.2) is 34.3 Å². The number of carbonyl (C=O) groups is 1. The molecule has 136 valence electrons. The van der Waals surface area contributed by atoms with E-state index >= 15 is 0 Å². The third-order valence-corrected chi connectivity index (χ3v) is 4.53. The smallest absolute Gasteiger partial charge is 0.251 e. The molecule has 1 aliphatic rings. The standard InChI is InChI=1S/C18H23FN4O.ClH/c1-11-9-12(2)23(22-11)17-7-6-14(10-15(17)19)18(24)21-16-5-4-8-20-13(16)3;/h6-7,9-10,13,16,20H,4-5,8H2,1-3H3,(H,21,24);1H. The summed E-state index contributed by atoms with van der Waals surface area (Å²) in [5, 5.41) is 10.6. The number of halogens is 2. The van der Waals surface area contributed by atoms with E-state index in [4.69, 9.17) is 0 Å². The summed E-state index contributed by atoms with van der Waals surface area (Å²) >= 11 is 0. The lowest BCUT2D eigenvalue weighted by Gasteiger charge is -2.30. The molecule has 7 heteroatoms. The van der Waals surface area contributed by atoms with Crippen LogP contribution in [0.1, 0.15) is 41.5 Å². The first-order valence-electron chi connectivity index (χ1n) is 8.33. The minimum atomic E-state index is -0.455. The molecule has 0 aliphatic carbocycles. The third kappa shape index (κ3) is 4.19. The minimum absolute atomic E-state index is 0. The molecule has 1 fully saturated rings. The molecular formula is C18H24ClFN4O. The van der Waals surface area contributed by atoms with Crippen molar-refractivity contribution in [2.24, 2.45) is 0 Å². The number of aromatic nitrogens is 2. The van der Waals surface area contributed by atoms with Gasteiger partial charge in [-0.05, 0) is 64.4 Å². The first-order chi connectivity index (χ1) is 11.5. The Morgan fingerprint density at radius 2 is 2.12 bits per heavy atom. The van der Waals surface area contributed by atoms with E-state index < -0.39 is 5.82 Å². The quantitative estimate of drug-likeness (QED) is 0.878. The van der Waals surface area contributed by atoms with Gasteiger partial charge in [-0.25, -0.2) is 9.07 Å². The first kappa shape index (κ1) is 19.4. The number of hydrogen-bond donors (Lipinski definition) is 2. The van der Waals surface area contributed by atoms with Crippen LogP contribution in [0.5, 0.6) is 0 Å². The fraction of sp³-hybridized carbons (Fsp3) is 0.444. The molecule has 2 unspecified atom stereocenters. The van der Waals surface area contributed by atoms with Crippen LogP contribution in [-0.2, 0) is 0 Å². The van der Waals surface area contributed by atoms with Crippen molar-refractivity contribution < 1.29 is 9.18 Å². The Hall–Kier alpha value is -1.92. The van der Waals surface area contributed by atoms with Crippen LogP contribution in [0.2, 0.25) is 0 Å². The van der Waals surface area contributed by atoms with Gasteiger partial charge in [0.25, 0.3) is 5.91 Å². The molecule has 0 bridgehead atoms. The average molecular weight is 367 g/mol. The molecule has 3 rings (SSSR count). The van der Waals surface area contributed by atoms with Gasteiger partial charge in [0.1, 0.15) is 11.5 Å². The lowest BCUT2D eigenvalue weighted by atomic mass is 9.99. The Kier molecular flexibility index (Phi) is 6.19. The highest BCUT2D eigenvalue weighted by molar-refractivity contribution is 5.94. The van der Waals surface area contributed by atoms with Crippen LogP contribution in [0.4, 0.5) is 4.39 Å². The van der Waals surface area contributed by atoms with E-state index in [2.05, 4.69) is 22.7 Å². The highest BCUT2D eigenvalue weighted by Crippen LogP contribution is 2.18. The molecule has 25 heavy (non-hydrogen) atoms. The largest absolute Gasteiger partial charge is 0.348 e. The van der Waals surface area contributed by atoms with Crippen molar-refractivity contribution in [3.8, 4) is 5.69 Å². The highest BCUT2D eigenvalue weighted by Gasteiger charge is 2.23. The summed E-state index contributed by atoms with van der Waals surface area (Å²) in [5.41, 5.74) is 2.36. The van der Waals surface area contributed by atoms with Gasteiger partial charge in [0.2, 0.25) is 0 Å². The van der Waals surface area contributed by atoms with Crippen molar-refractivity contribution in [3.05, 3.63) is 47.0 Å². The number of nitrogens with one attached hydrogen (secondary N) is 2. The number of benzene rings is 1. The summed E-state index contributed by atoms with van der Waals surface area (Å²) in [6.45, 7) is 6.76. The zero-order chi connectivity index (χ0) is 17.3. The van der Waals surface area contributed by atoms with Crippen LogP contribution in [0.3, 0.4) is 0 Å². The summed E-state index contributed by atoms with van der Waals surface area (Å²) < 4.78 is 16.0. The van der Waals surface area contributed by atoms with Crippen molar-refractivity contribution >= 4 is 18.3 Å². The van der Waals surface area contributed by atoms with E-state index in [9.17, 15) is 9.18 Å². The van der Waals surface area contributed by atoms with Gasteiger partial charge in [-0.3, -0.25) is 4.79 Å². The van der Waals surface area contributed by atoms with Gasteiger partial charge in [0, 0.05) is 23.3 Å². The molecule has 2 aromatic rings. The van der Waals surface area contributed by atoms with Crippen molar-refractivity contribution in [1.29, 1.82) is 0 Å². The van der Waals surface area contributed by atoms with Crippen LogP contribution in [0.25, 0.3) is 5.69 Å². The van der Waals surface area contributed by atoms with E-state index in [1.807, 2.05) is 19.9 Å². The number of carbonyl (C=O) groups excluding carboxylic acids is 1. The van der Waals surface area contributed by atoms with E-state index in [1.165, 1.54) is 6.07 Å². The second kappa shape index (κ2) is 7.97. The van der Waals surface area contributed by atoms with Crippen molar-refractivity contribution in [2.75, 3.05) is 6.54 Å². The predicted octanol–water partition coefficient (Wildman–Crippen LogP) is 2.92. The van der Waals surface area contributed by atoms with Gasteiger partial charge >= 0.3 is 0 Å². The molecule has 1 aliphatic heterocycles. The number of amides is 1. The average Bonchev–Trinajstić information content (AvgIpc) is 2.87. The Bertz CT molecular complexity index is 762. The van der Waals surface area contributed by atoms with Gasteiger partial charge in [-0.2, -0.15) is 5.10 Å². The van der Waals surface area contributed by atoms with Crippen LogP contribution < -0.4 is 10.6 Å². The van der Waals surface area contributed by atoms with Crippen LogP contribution >= 0.6 is 12.4 Å². The maximum Gasteiger partial charge on any atom is 0.251 e. The van der Waals surface area contributed by atoms with Gasteiger partial charge < -0.3 is 10.6 Å². The zero-order valence-electron chi connectivity index (χ0n) is 14.7. The van der Waals surface area contributed by atoms with Gasteiger partial charge in [-0.1, -0.05) is 0 Å². The van der Waals surface area contributed by atoms with E-state index in [-0.39, 0.29) is 30.4 Å². The van der Waals surface area contributed by atoms with Gasteiger partial charge in [0.05, 0.1) is 5.69 Å². The number of piperidine rings is 1. The summed E-state index contributed by atoms with van der Waals surface area (Å²) in [6, 6.07) is 6.71. The monoisotopic (exact) mass is 366 g/mol. The van der Waals surface area contributed by atoms with E-state index in [1.54, 1.807) is 16.8 Å². The maximum absolute atomic E-state index is 14.5. The molecule has 1 saturated heterocycles. The first-order valence-corrected chi connectivity index (χ1v) is 8.33. The summed E-state index contributed by atoms with van der Waals surface area (Å²) in [4.78, 5) is 12.4. The van der Waals surface area contributed by atoms with Gasteiger partial charge in [-0.15, -0.1) is 12.4 Å². The molecule has 1 aromatic carbocycles. The maximum atomic E-state index is 14.5. The van der Waals surface area contributed by atoms with Crippen molar-refractivity contribution in [1.82, 2.24) is 20.4 Å². The third-order valence-electron chi connectivity index (χ3n) is 4.53. The highest BCUT2D eigenvalue weighted by atomic mass is 35.5. The second-order valence-electron chi connectivity index (χ2n) is 6.47. The van der Waals surface area contributed by atoms with E-state index in [0.717, 1.165) is 30.8 Å². The Labute approximate surface area is 153 Å². The summed E-state index contributed by atoms with van der Waals surface area (Å²) in [5.74, 6) is -0.696. The Morgan fingerprint density at radius 3 is 2.72 bits per heavy atom. The molecule has 2 heterocycles. The molecule has 1 aromatic heterocycles. The zero-order valence-corrected chi connectivity index (χ0v) is 15.5. The predicted molar refractivity (Wildman–Crippen MR) is 98.2 cm³/mol. The van der Waals surface area contributed by atoms with Crippen molar-refractivity contribution in [2.45, 2.75) is 45.7 Å². The lowest BCUT2D eigenvalue weighted by Crippen LogP contribution is -2.51. The van der Waals surface area contributed by atoms with Crippen molar-refractivity contribution in [3.63, 3.8) is 0 Å². The molecule has 0 radical (unpaired) electrons. The SMILES string of the molecule is Cc1cc(C)n(-c2ccc(C(=O)NC3CCCNC3C)cc2F)n1.Cl. The van der Waals surface area contributed by atoms with Crippen LogP contribution in [0.15, 0.2) is 24.3 Å². The van der Waals surface area contributed by atoms with Gasteiger partial charge in [0.15, 0.2) is 0 Å².